The van der Waals surface area contributed by atoms with Gasteiger partial charge in [0.1, 0.15) is 30.5 Å². The molecule has 3 N–H and O–H groups in total. The van der Waals surface area contributed by atoms with E-state index in [0.29, 0.717) is 38.7 Å². The van der Waals surface area contributed by atoms with Crippen LogP contribution in [0.4, 0.5) is 0 Å². The minimum absolute atomic E-state index is 0.0237. The first-order valence-electron chi connectivity index (χ1n) is 17.2. The van der Waals surface area contributed by atoms with Gasteiger partial charge in [-0.1, -0.05) is 13.8 Å². The summed E-state index contributed by atoms with van der Waals surface area (Å²) < 4.78 is 40.8. The summed E-state index contributed by atoms with van der Waals surface area (Å²) in [5, 5.41) is 30.6. The summed E-state index contributed by atoms with van der Waals surface area (Å²) in [5.74, 6) is -2.75. The molecule has 1 spiro atoms. The number of aliphatic hydroxyl groups excluding tert-OH is 3. The van der Waals surface area contributed by atoms with Crippen molar-refractivity contribution in [3.05, 3.63) is 0 Å². The predicted molar refractivity (Wildman–Crippen MR) is 163 cm³/mol. The Kier molecular flexibility index (Phi) is 10.8. The van der Waals surface area contributed by atoms with Crippen LogP contribution in [0.1, 0.15) is 92.9 Å². The van der Waals surface area contributed by atoms with Crippen LogP contribution in [-0.4, -0.2) is 107 Å². The van der Waals surface area contributed by atoms with Crippen LogP contribution in [0.2, 0.25) is 0 Å². The molecule has 3 heterocycles. The second-order valence-corrected chi connectivity index (χ2v) is 15.1. The molecule has 272 valence electrons. The van der Waals surface area contributed by atoms with E-state index in [1.165, 1.54) is 20.8 Å². The van der Waals surface area contributed by atoms with Crippen LogP contribution in [-0.2, 0) is 52.3 Å². The highest BCUT2D eigenvalue weighted by atomic mass is 16.7. The lowest BCUT2D eigenvalue weighted by atomic mass is 9.42. The SMILES string of the molecule is CC(=O)O[C@H]1C[C@@H](C)[C@](C)([C@@H]2C[C@H]3C[C@@H](O)O[C@H]3O2)[C@H]2C[C@@H](O)C[C@]3(CO3)[C@]12COC(=O)C[C@H](C)OC(=O)C[C@H](C)OC(=O)C[C@H](C)O. The molecule has 14 atom stereocenters. The van der Waals surface area contributed by atoms with E-state index in [1.54, 1.807) is 6.92 Å². The average molecular weight is 685 g/mol. The van der Waals surface area contributed by atoms with E-state index in [2.05, 4.69) is 13.8 Å². The van der Waals surface area contributed by atoms with Crippen LogP contribution in [0.3, 0.4) is 0 Å². The van der Waals surface area contributed by atoms with Gasteiger partial charge in [-0.25, -0.2) is 0 Å². The van der Waals surface area contributed by atoms with E-state index >= 15 is 0 Å². The fraction of sp³-hybridized carbons (Fsp3) is 0.882. The van der Waals surface area contributed by atoms with Crippen molar-refractivity contribution in [1.82, 2.24) is 0 Å². The molecule has 5 rings (SSSR count). The first-order chi connectivity index (χ1) is 22.5. The Morgan fingerprint density at radius 1 is 0.896 bits per heavy atom. The number of fused-ring (bicyclic) bond motifs is 3. The van der Waals surface area contributed by atoms with Crippen LogP contribution in [0.5, 0.6) is 0 Å². The highest BCUT2D eigenvalue weighted by Gasteiger charge is 2.77. The minimum Gasteiger partial charge on any atom is -0.465 e. The van der Waals surface area contributed by atoms with Crippen LogP contribution >= 0.6 is 0 Å². The number of rotatable bonds is 12. The number of carbonyl (C=O) groups is 4. The molecule has 0 bridgehead atoms. The Hall–Kier alpha value is -2.36. The molecular weight excluding hydrogens is 632 g/mol. The highest BCUT2D eigenvalue weighted by Crippen LogP contribution is 2.70. The third-order valence-corrected chi connectivity index (χ3v) is 11.5. The Balaban J connectivity index is 1.31. The van der Waals surface area contributed by atoms with Crippen LogP contribution in [0.15, 0.2) is 0 Å². The third-order valence-electron chi connectivity index (χ3n) is 11.5. The number of hydrogen-bond acceptors (Lipinski definition) is 14. The van der Waals surface area contributed by atoms with Gasteiger partial charge in [0.05, 0.1) is 49.6 Å². The van der Waals surface area contributed by atoms with Crippen molar-refractivity contribution >= 4 is 23.9 Å². The normalized spacial score (nSPS) is 41.8. The van der Waals surface area contributed by atoms with E-state index in [-0.39, 0.29) is 49.7 Å². The van der Waals surface area contributed by atoms with Gasteiger partial charge in [0, 0.05) is 31.1 Å². The summed E-state index contributed by atoms with van der Waals surface area (Å²) >= 11 is 0. The van der Waals surface area contributed by atoms with Gasteiger partial charge in [0.25, 0.3) is 0 Å². The topological polar surface area (TPSA) is 197 Å². The molecule has 0 aromatic carbocycles. The van der Waals surface area contributed by atoms with E-state index in [4.69, 9.17) is 33.2 Å². The maximum absolute atomic E-state index is 13.3. The average Bonchev–Trinajstić information content (AvgIpc) is 3.46. The summed E-state index contributed by atoms with van der Waals surface area (Å²) in [6, 6.07) is 0. The van der Waals surface area contributed by atoms with Gasteiger partial charge in [-0.3, -0.25) is 19.2 Å². The molecule has 0 amide bonds. The molecular formula is C34H52O14. The maximum Gasteiger partial charge on any atom is 0.309 e. The van der Waals surface area contributed by atoms with Crippen molar-refractivity contribution in [3.8, 4) is 0 Å². The lowest BCUT2D eigenvalue weighted by Gasteiger charge is -2.64. The van der Waals surface area contributed by atoms with Crippen molar-refractivity contribution in [2.45, 2.75) is 148 Å². The molecule has 3 saturated heterocycles. The zero-order valence-electron chi connectivity index (χ0n) is 28.8. The summed E-state index contributed by atoms with van der Waals surface area (Å²) in [7, 11) is 0. The minimum atomic E-state index is -0.998. The molecule has 14 nitrogen and oxygen atoms in total. The van der Waals surface area contributed by atoms with Crippen molar-refractivity contribution in [3.63, 3.8) is 0 Å². The summed E-state index contributed by atoms with van der Waals surface area (Å²) in [5.41, 5.74) is -2.46. The molecule has 5 aliphatic rings. The smallest absolute Gasteiger partial charge is 0.309 e. The Labute approximate surface area is 281 Å². The fourth-order valence-electron chi connectivity index (χ4n) is 9.14. The summed E-state index contributed by atoms with van der Waals surface area (Å²) in [6.45, 7) is 10.3. The van der Waals surface area contributed by atoms with Gasteiger partial charge in [-0.15, -0.1) is 0 Å². The fourth-order valence-corrected chi connectivity index (χ4v) is 9.14. The highest BCUT2D eigenvalue weighted by molar-refractivity contribution is 5.74. The quantitative estimate of drug-likeness (QED) is 0.153. The van der Waals surface area contributed by atoms with Gasteiger partial charge >= 0.3 is 23.9 Å². The number of hydrogen-bond donors (Lipinski definition) is 3. The monoisotopic (exact) mass is 684 g/mol. The molecule has 48 heavy (non-hydrogen) atoms. The molecule has 0 aromatic rings. The predicted octanol–water partition coefficient (Wildman–Crippen LogP) is 1.92. The number of ether oxygens (including phenoxy) is 7. The number of esters is 4. The number of aliphatic hydroxyl groups is 3. The maximum atomic E-state index is 13.3. The second kappa shape index (κ2) is 14.1. The molecule has 14 heteroatoms. The van der Waals surface area contributed by atoms with E-state index in [9.17, 15) is 34.5 Å². The van der Waals surface area contributed by atoms with Crippen LogP contribution < -0.4 is 0 Å². The lowest BCUT2D eigenvalue weighted by Crippen LogP contribution is -2.70. The van der Waals surface area contributed by atoms with Gasteiger partial charge in [0.2, 0.25) is 0 Å². The summed E-state index contributed by atoms with van der Waals surface area (Å²) in [6.07, 6.45) is -3.99. The standard InChI is InChI=1S/C34H52O14/c1-17-7-26(46-21(5)36)34(16-42-27(38)9-19(3)45-29(40)10-20(4)44-28(39)8-18(2)35)24(13-23(37)14-33(34)15-43-33)32(17,6)25-11-22-12-30(41)48-31(22)47-25/h17-20,22-26,30-31,35,37,41H,7-16H2,1-6H3/t17-,18+,19+,20+,22+,23-,24-,25+,26+,30+,31-,32+,33+,34+/m1/s1. The third kappa shape index (κ3) is 7.25. The van der Waals surface area contributed by atoms with Gasteiger partial charge in [-0.05, 0) is 51.9 Å². The molecule has 2 saturated carbocycles. The Morgan fingerprint density at radius 3 is 2.10 bits per heavy atom. The molecule has 3 aliphatic heterocycles. The first-order valence-corrected chi connectivity index (χ1v) is 17.2. The molecule has 2 aliphatic carbocycles. The van der Waals surface area contributed by atoms with Gasteiger partial charge < -0.3 is 48.5 Å². The van der Waals surface area contributed by atoms with E-state index < -0.39 is 83.4 Å². The first kappa shape index (κ1) is 36.9. The molecule has 5 fully saturated rings. The van der Waals surface area contributed by atoms with E-state index in [1.807, 2.05) is 0 Å². The zero-order chi connectivity index (χ0) is 35.2. The van der Waals surface area contributed by atoms with Crippen molar-refractivity contribution in [1.29, 1.82) is 0 Å². The van der Waals surface area contributed by atoms with Crippen molar-refractivity contribution < 1.29 is 67.7 Å². The van der Waals surface area contributed by atoms with Crippen molar-refractivity contribution in [2.24, 2.45) is 28.6 Å². The number of carbonyl (C=O) groups excluding carboxylic acids is 4. The van der Waals surface area contributed by atoms with E-state index in [0.717, 1.165) is 0 Å². The summed E-state index contributed by atoms with van der Waals surface area (Å²) in [4.78, 5) is 50.1. The molecule has 0 aromatic heterocycles. The van der Waals surface area contributed by atoms with Crippen molar-refractivity contribution in [2.75, 3.05) is 13.2 Å². The number of epoxide rings is 1. The Morgan fingerprint density at radius 2 is 1.52 bits per heavy atom. The van der Waals surface area contributed by atoms with Crippen LogP contribution in [0, 0.1) is 28.6 Å². The lowest BCUT2D eigenvalue weighted by molar-refractivity contribution is -0.271. The largest absolute Gasteiger partial charge is 0.465 e. The second-order valence-electron chi connectivity index (χ2n) is 15.1. The Bertz CT molecular complexity index is 1200. The molecule has 0 unspecified atom stereocenters. The van der Waals surface area contributed by atoms with Gasteiger partial charge in [0.15, 0.2) is 12.6 Å². The van der Waals surface area contributed by atoms with Crippen LogP contribution in [0.25, 0.3) is 0 Å². The zero-order valence-corrected chi connectivity index (χ0v) is 28.8. The van der Waals surface area contributed by atoms with Gasteiger partial charge in [-0.2, -0.15) is 0 Å². The molecule has 0 radical (unpaired) electrons.